The van der Waals surface area contributed by atoms with Crippen LogP contribution in [-0.4, -0.2) is 28.3 Å². The molecule has 0 bridgehead atoms. The third kappa shape index (κ3) is 2.21. The summed E-state index contributed by atoms with van der Waals surface area (Å²) < 4.78 is 0. The van der Waals surface area contributed by atoms with Crippen LogP contribution < -0.4 is 5.32 Å². The van der Waals surface area contributed by atoms with E-state index in [0.29, 0.717) is 10.6 Å². The Morgan fingerprint density at radius 3 is 2.33 bits per heavy atom. The number of hydrogen-bond acceptors (Lipinski definition) is 3. The minimum absolute atomic E-state index is 0.451. The average Bonchev–Trinajstić information content (AvgIpc) is 2.38. The fraction of sp³-hybridized carbons (Fsp3) is 0.400. The molecule has 1 aliphatic carbocycles. The van der Waals surface area contributed by atoms with Gasteiger partial charge in [0.15, 0.2) is 0 Å². The van der Waals surface area contributed by atoms with E-state index in [4.69, 9.17) is 11.6 Å². The number of nitrogens with zero attached hydrogens (tertiary/aromatic N) is 1. The van der Waals surface area contributed by atoms with Crippen LogP contribution in [0.3, 0.4) is 0 Å². The second-order valence-electron chi connectivity index (χ2n) is 5.80. The fourth-order valence-corrected chi connectivity index (χ4v) is 3.07. The molecule has 1 aromatic rings. The summed E-state index contributed by atoms with van der Waals surface area (Å²) in [6.45, 7) is 1.88. The Morgan fingerprint density at radius 1 is 1.19 bits per heavy atom. The van der Waals surface area contributed by atoms with Crippen LogP contribution in [0.1, 0.15) is 37.7 Å². The van der Waals surface area contributed by atoms with E-state index >= 15 is 0 Å². The Hall–Kier alpha value is -1.88. The molecule has 1 unspecified atom stereocenters. The maximum Gasteiger partial charge on any atom is 0.331 e. The molecule has 1 atom stereocenters. The van der Waals surface area contributed by atoms with Crippen LogP contribution in [0.4, 0.5) is 4.79 Å². The lowest BCUT2D eigenvalue weighted by Gasteiger charge is -2.48. The molecule has 21 heavy (non-hydrogen) atoms. The molecular weight excluding hydrogens is 292 g/mol. The molecule has 6 heteroatoms. The van der Waals surface area contributed by atoms with Crippen molar-refractivity contribution in [3.05, 3.63) is 34.9 Å². The summed E-state index contributed by atoms with van der Waals surface area (Å²) in [5, 5.41) is 2.82. The van der Waals surface area contributed by atoms with E-state index in [1.165, 1.54) is 4.90 Å². The topological polar surface area (TPSA) is 66.5 Å². The fourth-order valence-electron chi connectivity index (χ4n) is 2.95. The van der Waals surface area contributed by atoms with Gasteiger partial charge in [-0.25, -0.2) is 4.79 Å². The quantitative estimate of drug-likeness (QED) is 0.853. The molecule has 1 heterocycles. The van der Waals surface area contributed by atoms with Gasteiger partial charge in [-0.2, -0.15) is 0 Å². The molecular formula is C15H15ClN2O3. The van der Waals surface area contributed by atoms with Crippen molar-refractivity contribution >= 4 is 29.4 Å². The largest absolute Gasteiger partial charge is 0.331 e. The summed E-state index contributed by atoms with van der Waals surface area (Å²) in [4.78, 5) is 38.0. The number of rotatable bonds is 2. The highest BCUT2D eigenvalue weighted by atomic mass is 35.5. The summed E-state index contributed by atoms with van der Waals surface area (Å²) >= 11 is 5.83. The van der Waals surface area contributed by atoms with Crippen LogP contribution in [0, 0.1) is 0 Å². The van der Waals surface area contributed by atoms with Gasteiger partial charge in [0.25, 0.3) is 0 Å². The molecule has 1 aromatic carbocycles. The molecule has 1 aliphatic heterocycles. The highest BCUT2D eigenvalue weighted by Crippen LogP contribution is 2.40. The van der Waals surface area contributed by atoms with Crippen molar-refractivity contribution < 1.29 is 14.4 Å². The van der Waals surface area contributed by atoms with Crippen molar-refractivity contribution in [1.82, 2.24) is 10.2 Å². The van der Waals surface area contributed by atoms with E-state index < -0.39 is 29.3 Å². The highest BCUT2D eigenvalue weighted by molar-refractivity contribution is 6.30. The van der Waals surface area contributed by atoms with Crippen LogP contribution in [-0.2, 0) is 9.59 Å². The average molecular weight is 307 g/mol. The summed E-state index contributed by atoms with van der Waals surface area (Å²) in [5.41, 5.74) is 0.0642. The molecule has 2 aliphatic rings. The van der Waals surface area contributed by atoms with Gasteiger partial charge in [-0.05, 0) is 43.9 Å². The van der Waals surface area contributed by atoms with Gasteiger partial charge in [-0.3, -0.25) is 19.8 Å². The van der Waals surface area contributed by atoms with Crippen molar-refractivity contribution in [2.45, 2.75) is 37.6 Å². The monoisotopic (exact) mass is 306 g/mol. The number of barbiturate groups is 1. The zero-order chi connectivity index (χ0) is 15.2. The zero-order valence-electron chi connectivity index (χ0n) is 11.6. The van der Waals surface area contributed by atoms with Gasteiger partial charge in [0.1, 0.15) is 5.92 Å². The molecule has 0 radical (unpaired) electrons. The van der Waals surface area contributed by atoms with Crippen LogP contribution in [0.2, 0.25) is 5.02 Å². The first kappa shape index (κ1) is 14.1. The van der Waals surface area contributed by atoms with E-state index in [0.717, 1.165) is 19.3 Å². The second-order valence-corrected chi connectivity index (χ2v) is 6.24. The maximum absolute atomic E-state index is 12.7. The highest BCUT2D eigenvalue weighted by Gasteiger charge is 2.51. The molecule has 110 valence electrons. The number of carbonyl (C=O) groups is 3. The van der Waals surface area contributed by atoms with E-state index in [-0.39, 0.29) is 0 Å². The first-order valence-electron chi connectivity index (χ1n) is 6.87. The lowest BCUT2D eigenvalue weighted by molar-refractivity contribution is -0.144. The van der Waals surface area contributed by atoms with E-state index in [1.54, 1.807) is 24.3 Å². The Morgan fingerprint density at radius 2 is 1.81 bits per heavy atom. The molecule has 1 saturated carbocycles. The first-order valence-corrected chi connectivity index (χ1v) is 7.24. The van der Waals surface area contributed by atoms with Gasteiger partial charge in [0.05, 0.1) is 0 Å². The van der Waals surface area contributed by atoms with Gasteiger partial charge in [-0.1, -0.05) is 23.7 Å². The van der Waals surface area contributed by atoms with Crippen molar-refractivity contribution in [3.8, 4) is 0 Å². The van der Waals surface area contributed by atoms with Crippen molar-refractivity contribution in [2.24, 2.45) is 0 Å². The van der Waals surface area contributed by atoms with Gasteiger partial charge in [0, 0.05) is 10.6 Å². The summed E-state index contributed by atoms with van der Waals surface area (Å²) in [5.74, 6) is -2.02. The zero-order valence-corrected chi connectivity index (χ0v) is 12.3. The number of hydrogen-bond donors (Lipinski definition) is 1. The predicted octanol–water partition coefficient (Wildman–Crippen LogP) is 2.44. The molecule has 1 N–H and O–H groups in total. The molecule has 3 rings (SSSR count). The summed E-state index contributed by atoms with van der Waals surface area (Å²) in [6, 6.07) is 5.92. The van der Waals surface area contributed by atoms with E-state index in [9.17, 15) is 14.4 Å². The third-order valence-corrected chi connectivity index (χ3v) is 4.59. The number of amides is 4. The Balaban J connectivity index is 1.96. The lowest BCUT2D eigenvalue weighted by Crippen LogP contribution is -2.66. The molecule has 4 amide bonds. The van der Waals surface area contributed by atoms with Crippen LogP contribution in [0.15, 0.2) is 24.3 Å². The van der Waals surface area contributed by atoms with Crippen LogP contribution >= 0.6 is 11.6 Å². The molecule has 1 saturated heterocycles. The molecule has 5 nitrogen and oxygen atoms in total. The van der Waals surface area contributed by atoms with Crippen molar-refractivity contribution in [2.75, 3.05) is 0 Å². The lowest BCUT2D eigenvalue weighted by atomic mass is 9.76. The third-order valence-electron chi connectivity index (χ3n) is 4.34. The van der Waals surface area contributed by atoms with Crippen LogP contribution in [0.25, 0.3) is 0 Å². The second kappa shape index (κ2) is 4.84. The summed E-state index contributed by atoms with van der Waals surface area (Å²) in [7, 11) is 0. The first-order chi connectivity index (χ1) is 9.92. The Labute approximate surface area is 127 Å². The normalized spacial score (nSPS) is 24.6. The summed E-state index contributed by atoms with van der Waals surface area (Å²) in [6.07, 6.45) is 2.52. The minimum atomic E-state index is -0.989. The van der Waals surface area contributed by atoms with Gasteiger partial charge < -0.3 is 0 Å². The number of nitrogens with one attached hydrogen (secondary N) is 1. The number of urea groups is 1. The van der Waals surface area contributed by atoms with E-state index in [2.05, 4.69) is 5.32 Å². The van der Waals surface area contributed by atoms with Crippen molar-refractivity contribution in [3.63, 3.8) is 0 Å². The molecule has 2 fully saturated rings. The molecule has 0 spiro atoms. The van der Waals surface area contributed by atoms with Crippen LogP contribution in [0.5, 0.6) is 0 Å². The standard InChI is InChI=1S/C15H15ClN2O3/c1-15(7-2-8-15)18-13(20)11(12(19)17-14(18)21)9-3-5-10(16)6-4-9/h3-6,11H,2,7-8H2,1H3,(H,17,19,21). The number of carbonyl (C=O) groups excluding carboxylic acids is 3. The van der Waals surface area contributed by atoms with Gasteiger partial charge >= 0.3 is 6.03 Å². The Kier molecular flexibility index (Phi) is 3.24. The van der Waals surface area contributed by atoms with Gasteiger partial charge in [0.2, 0.25) is 11.8 Å². The number of imide groups is 2. The maximum atomic E-state index is 12.7. The smallest absolute Gasteiger partial charge is 0.277 e. The molecule has 0 aromatic heterocycles. The SMILES string of the molecule is CC1(N2C(=O)NC(=O)C(c3ccc(Cl)cc3)C2=O)CCC1. The Bertz CT molecular complexity index is 622. The minimum Gasteiger partial charge on any atom is -0.277 e. The van der Waals surface area contributed by atoms with E-state index in [1.807, 2.05) is 6.92 Å². The number of benzene rings is 1. The predicted molar refractivity (Wildman–Crippen MR) is 76.8 cm³/mol. The van der Waals surface area contributed by atoms with Crippen molar-refractivity contribution in [1.29, 1.82) is 0 Å². The number of halogens is 1. The van der Waals surface area contributed by atoms with Gasteiger partial charge in [-0.15, -0.1) is 0 Å².